The molecule has 1 heterocycles. The predicted octanol–water partition coefficient (Wildman–Crippen LogP) is -0.208. The van der Waals surface area contributed by atoms with Crippen molar-refractivity contribution in [3.8, 4) is 0 Å². The number of carbonyl (C=O) groups is 2. The molecular formula is C10H17NO5S. The molecule has 0 aromatic carbocycles. The average Bonchev–Trinajstić information content (AvgIpc) is 2.57. The standard InChI is InChI=1S/C10H17NO5S/c12-9(13)3-1-2-5-11-10(14)8-4-6-17(15,16)7-8/h8H,1-7H2,(H,11,14)(H,12,13). The maximum Gasteiger partial charge on any atom is 0.303 e. The summed E-state index contributed by atoms with van der Waals surface area (Å²) in [6, 6.07) is 0. The molecule has 1 rings (SSSR count). The minimum Gasteiger partial charge on any atom is -0.481 e. The molecule has 1 unspecified atom stereocenters. The minimum atomic E-state index is -3.03. The van der Waals surface area contributed by atoms with Gasteiger partial charge in [-0.25, -0.2) is 8.42 Å². The molecule has 2 N–H and O–H groups in total. The summed E-state index contributed by atoms with van der Waals surface area (Å²) in [5.74, 6) is -1.49. The van der Waals surface area contributed by atoms with E-state index in [0.29, 0.717) is 25.8 Å². The van der Waals surface area contributed by atoms with Gasteiger partial charge in [0.15, 0.2) is 9.84 Å². The fraction of sp³-hybridized carbons (Fsp3) is 0.800. The predicted molar refractivity (Wildman–Crippen MR) is 61.3 cm³/mol. The van der Waals surface area contributed by atoms with E-state index in [4.69, 9.17) is 5.11 Å². The van der Waals surface area contributed by atoms with Crippen LogP contribution in [0.5, 0.6) is 0 Å². The first-order chi connectivity index (χ1) is 7.91. The van der Waals surface area contributed by atoms with E-state index < -0.39 is 21.7 Å². The van der Waals surface area contributed by atoms with Crippen molar-refractivity contribution in [2.45, 2.75) is 25.7 Å². The molecule has 0 radical (unpaired) electrons. The van der Waals surface area contributed by atoms with Crippen molar-refractivity contribution in [2.75, 3.05) is 18.1 Å². The zero-order chi connectivity index (χ0) is 12.9. The van der Waals surface area contributed by atoms with Crippen LogP contribution in [0.25, 0.3) is 0 Å². The van der Waals surface area contributed by atoms with Gasteiger partial charge in [-0.05, 0) is 19.3 Å². The highest BCUT2D eigenvalue weighted by molar-refractivity contribution is 7.91. The summed E-state index contributed by atoms with van der Waals surface area (Å²) in [5, 5.41) is 11.0. The van der Waals surface area contributed by atoms with Crippen molar-refractivity contribution < 1.29 is 23.1 Å². The lowest BCUT2D eigenvalue weighted by Gasteiger charge is -2.08. The van der Waals surface area contributed by atoms with Crippen molar-refractivity contribution in [3.63, 3.8) is 0 Å². The molecule has 6 nitrogen and oxygen atoms in total. The summed E-state index contributed by atoms with van der Waals surface area (Å²) in [4.78, 5) is 21.8. The Morgan fingerprint density at radius 2 is 2.00 bits per heavy atom. The van der Waals surface area contributed by atoms with E-state index in [1.807, 2.05) is 0 Å². The maximum absolute atomic E-state index is 11.5. The monoisotopic (exact) mass is 263 g/mol. The normalized spacial score (nSPS) is 22.2. The molecule has 1 saturated heterocycles. The third kappa shape index (κ3) is 5.16. The fourth-order valence-electron chi connectivity index (χ4n) is 1.76. The van der Waals surface area contributed by atoms with Crippen molar-refractivity contribution in [2.24, 2.45) is 5.92 Å². The van der Waals surface area contributed by atoms with Gasteiger partial charge in [-0.2, -0.15) is 0 Å². The van der Waals surface area contributed by atoms with Crippen LogP contribution in [0, 0.1) is 5.92 Å². The molecule has 17 heavy (non-hydrogen) atoms. The molecule has 1 aliphatic heterocycles. The van der Waals surface area contributed by atoms with Gasteiger partial charge in [0.25, 0.3) is 0 Å². The Kier molecular flexibility index (Phi) is 4.92. The Labute approximate surface area is 100 Å². The Morgan fingerprint density at radius 1 is 1.29 bits per heavy atom. The van der Waals surface area contributed by atoms with E-state index in [0.717, 1.165) is 0 Å². The first-order valence-electron chi connectivity index (χ1n) is 5.60. The molecule has 0 bridgehead atoms. The number of amides is 1. The van der Waals surface area contributed by atoms with Gasteiger partial charge in [-0.3, -0.25) is 9.59 Å². The smallest absolute Gasteiger partial charge is 0.303 e. The number of rotatable bonds is 6. The number of unbranched alkanes of at least 4 members (excludes halogenated alkanes) is 1. The zero-order valence-corrected chi connectivity index (χ0v) is 10.3. The first-order valence-corrected chi connectivity index (χ1v) is 7.43. The van der Waals surface area contributed by atoms with E-state index >= 15 is 0 Å². The Morgan fingerprint density at radius 3 is 2.53 bits per heavy atom. The van der Waals surface area contributed by atoms with E-state index in [1.54, 1.807) is 0 Å². The molecule has 98 valence electrons. The molecule has 1 amide bonds. The van der Waals surface area contributed by atoms with Crippen LogP contribution in [-0.4, -0.2) is 43.5 Å². The second kappa shape index (κ2) is 6.00. The lowest BCUT2D eigenvalue weighted by molar-refractivity contribution is -0.137. The topological polar surface area (TPSA) is 101 Å². The summed E-state index contributed by atoms with van der Waals surface area (Å²) in [7, 11) is -3.03. The molecule has 0 aromatic heterocycles. The summed E-state index contributed by atoms with van der Waals surface area (Å²) < 4.78 is 22.3. The molecular weight excluding hydrogens is 246 g/mol. The summed E-state index contributed by atoms with van der Waals surface area (Å²) in [6.07, 6.45) is 1.59. The SMILES string of the molecule is O=C(O)CCCCNC(=O)C1CCS(=O)(=O)C1. The van der Waals surface area contributed by atoms with Crippen LogP contribution in [0.3, 0.4) is 0 Å². The largest absolute Gasteiger partial charge is 0.481 e. The van der Waals surface area contributed by atoms with Crippen LogP contribution in [0.1, 0.15) is 25.7 Å². The van der Waals surface area contributed by atoms with Gasteiger partial charge in [-0.15, -0.1) is 0 Å². The Balaban J connectivity index is 2.16. The number of hydrogen-bond donors (Lipinski definition) is 2. The number of carboxylic acid groups (broad SMARTS) is 1. The van der Waals surface area contributed by atoms with Crippen molar-refractivity contribution in [3.05, 3.63) is 0 Å². The van der Waals surface area contributed by atoms with E-state index in [9.17, 15) is 18.0 Å². The van der Waals surface area contributed by atoms with Crippen LogP contribution in [0.2, 0.25) is 0 Å². The average molecular weight is 263 g/mol. The lowest BCUT2D eigenvalue weighted by atomic mass is 10.1. The number of sulfone groups is 1. The number of carboxylic acids is 1. The van der Waals surface area contributed by atoms with Gasteiger partial charge < -0.3 is 10.4 Å². The van der Waals surface area contributed by atoms with Gasteiger partial charge >= 0.3 is 5.97 Å². The first kappa shape index (κ1) is 14.0. The second-order valence-electron chi connectivity index (χ2n) is 4.24. The third-order valence-corrected chi connectivity index (χ3v) is 4.49. The van der Waals surface area contributed by atoms with Gasteiger partial charge in [0.1, 0.15) is 0 Å². The molecule has 0 spiro atoms. The number of hydrogen-bond acceptors (Lipinski definition) is 4. The molecule has 1 fully saturated rings. The van der Waals surface area contributed by atoms with Gasteiger partial charge in [0.2, 0.25) is 5.91 Å². The quantitative estimate of drug-likeness (QED) is 0.646. The number of aliphatic carboxylic acids is 1. The fourth-order valence-corrected chi connectivity index (χ4v) is 3.50. The maximum atomic E-state index is 11.5. The summed E-state index contributed by atoms with van der Waals surface area (Å²) >= 11 is 0. The van der Waals surface area contributed by atoms with E-state index in [2.05, 4.69) is 5.32 Å². The molecule has 0 aromatic rings. The van der Waals surface area contributed by atoms with Gasteiger partial charge in [-0.1, -0.05) is 0 Å². The highest BCUT2D eigenvalue weighted by Crippen LogP contribution is 2.18. The van der Waals surface area contributed by atoms with Crippen molar-refractivity contribution in [1.29, 1.82) is 0 Å². The molecule has 1 atom stereocenters. The minimum absolute atomic E-state index is 0.0615. The summed E-state index contributed by atoms with van der Waals surface area (Å²) in [5.41, 5.74) is 0. The van der Waals surface area contributed by atoms with Crippen molar-refractivity contribution in [1.82, 2.24) is 5.32 Å². The van der Waals surface area contributed by atoms with Crippen LogP contribution in [0.15, 0.2) is 0 Å². The Hall–Kier alpha value is -1.11. The van der Waals surface area contributed by atoms with Crippen LogP contribution < -0.4 is 5.32 Å². The molecule has 1 aliphatic rings. The second-order valence-corrected chi connectivity index (χ2v) is 6.47. The zero-order valence-electron chi connectivity index (χ0n) is 9.52. The molecule has 0 saturated carbocycles. The van der Waals surface area contributed by atoms with Crippen LogP contribution in [-0.2, 0) is 19.4 Å². The molecule has 7 heteroatoms. The van der Waals surface area contributed by atoms with Crippen molar-refractivity contribution >= 4 is 21.7 Å². The summed E-state index contributed by atoms with van der Waals surface area (Å²) in [6.45, 7) is 0.405. The number of carbonyl (C=O) groups excluding carboxylic acids is 1. The van der Waals surface area contributed by atoms with Gasteiger partial charge in [0.05, 0.1) is 17.4 Å². The third-order valence-electron chi connectivity index (χ3n) is 2.72. The molecule has 0 aliphatic carbocycles. The lowest BCUT2D eigenvalue weighted by Crippen LogP contribution is -2.32. The number of nitrogens with one attached hydrogen (secondary N) is 1. The van der Waals surface area contributed by atoms with E-state index in [1.165, 1.54) is 0 Å². The van der Waals surface area contributed by atoms with E-state index in [-0.39, 0.29) is 23.8 Å². The Bertz CT molecular complexity index is 390. The highest BCUT2D eigenvalue weighted by atomic mass is 32.2. The van der Waals surface area contributed by atoms with Crippen LogP contribution >= 0.6 is 0 Å². The highest BCUT2D eigenvalue weighted by Gasteiger charge is 2.32. The van der Waals surface area contributed by atoms with Crippen LogP contribution in [0.4, 0.5) is 0 Å². The van der Waals surface area contributed by atoms with Gasteiger partial charge in [0, 0.05) is 13.0 Å².